The number of hydrogen-bond acceptors (Lipinski definition) is 3. The average Bonchev–Trinajstić information content (AvgIpc) is 2.15. The largest absolute Gasteiger partial charge is 0.481 e. The maximum atomic E-state index is 11.3. The number of hydrogen-bond donors (Lipinski definition) is 2. The Morgan fingerprint density at radius 3 is 2.56 bits per heavy atom. The van der Waals surface area contributed by atoms with Crippen LogP contribution in [0.2, 0.25) is 0 Å². The van der Waals surface area contributed by atoms with Crippen molar-refractivity contribution in [3.05, 3.63) is 35.4 Å². The van der Waals surface area contributed by atoms with Crippen LogP contribution in [0.5, 0.6) is 0 Å². The molecule has 1 aromatic rings. The van der Waals surface area contributed by atoms with Crippen molar-refractivity contribution in [2.45, 2.75) is 13.0 Å². The van der Waals surface area contributed by atoms with Crippen LogP contribution < -0.4 is 5.73 Å². The third kappa shape index (κ3) is 1.50. The van der Waals surface area contributed by atoms with Gasteiger partial charge in [0.05, 0.1) is 19.3 Å². The van der Waals surface area contributed by atoms with Gasteiger partial charge in [0.1, 0.15) is 5.41 Å². The van der Waals surface area contributed by atoms with Crippen molar-refractivity contribution in [3.63, 3.8) is 0 Å². The highest BCUT2D eigenvalue weighted by Gasteiger charge is 2.51. The minimum absolute atomic E-state index is 0.192. The number of aliphatic carboxylic acids is 1. The maximum absolute atomic E-state index is 11.3. The summed E-state index contributed by atoms with van der Waals surface area (Å²) in [5, 5.41) is 9.25. The van der Waals surface area contributed by atoms with Crippen LogP contribution in [0.15, 0.2) is 24.3 Å². The van der Waals surface area contributed by atoms with E-state index in [4.69, 9.17) is 10.5 Å². The molecule has 1 unspecified atom stereocenters. The number of rotatable bonds is 3. The van der Waals surface area contributed by atoms with Crippen LogP contribution >= 0.6 is 0 Å². The second kappa shape index (κ2) is 3.88. The zero-order chi connectivity index (χ0) is 11.8. The average molecular weight is 221 g/mol. The van der Waals surface area contributed by atoms with E-state index in [1.165, 1.54) is 0 Å². The number of benzene rings is 1. The van der Waals surface area contributed by atoms with Crippen LogP contribution in [0.25, 0.3) is 0 Å². The first-order valence-electron chi connectivity index (χ1n) is 5.20. The maximum Gasteiger partial charge on any atom is 0.316 e. The Bertz CT molecular complexity index is 412. The molecule has 1 aliphatic heterocycles. The van der Waals surface area contributed by atoms with E-state index in [1.807, 2.05) is 31.2 Å². The van der Waals surface area contributed by atoms with Crippen molar-refractivity contribution in [2.75, 3.05) is 13.2 Å². The molecule has 0 radical (unpaired) electrons. The SMILES string of the molecule is Cc1ccccc1C(N)C1(C(=O)O)COC1. The third-order valence-corrected chi connectivity index (χ3v) is 3.26. The summed E-state index contributed by atoms with van der Waals surface area (Å²) >= 11 is 0. The van der Waals surface area contributed by atoms with Crippen molar-refractivity contribution < 1.29 is 14.6 Å². The first-order valence-corrected chi connectivity index (χ1v) is 5.20. The van der Waals surface area contributed by atoms with Gasteiger partial charge in [-0.2, -0.15) is 0 Å². The van der Waals surface area contributed by atoms with Gasteiger partial charge in [-0.05, 0) is 18.1 Å². The summed E-state index contributed by atoms with van der Waals surface area (Å²) in [6.07, 6.45) is 0. The van der Waals surface area contributed by atoms with Gasteiger partial charge in [-0.1, -0.05) is 24.3 Å². The lowest BCUT2D eigenvalue weighted by Crippen LogP contribution is -2.55. The molecule has 1 heterocycles. The minimum atomic E-state index is -0.952. The molecular formula is C12H15NO3. The number of aryl methyl sites for hydroxylation is 1. The Labute approximate surface area is 94.0 Å². The fraction of sp³-hybridized carbons (Fsp3) is 0.417. The smallest absolute Gasteiger partial charge is 0.316 e. The molecule has 4 heteroatoms. The predicted molar refractivity (Wildman–Crippen MR) is 59.0 cm³/mol. The van der Waals surface area contributed by atoms with E-state index < -0.39 is 17.4 Å². The summed E-state index contributed by atoms with van der Waals surface area (Å²) in [6, 6.07) is 7.08. The minimum Gasteiger partial charge on any atom is -0.481 e. The van der Waals surface area contributed by atoms with Crippen LogP contribution in [0.3, 0.4) is 0 Å². The molecule has 1 fully saturated rings. The Hall–Kier alpha value is -1.39. The van der Waals surface area contributed by atoms with Crippen molar-refractivity contribution in [1.82, 2.24) is 0 Å². The fourth-order valence-corrected chi connectivity index (χ4v) is 1.99. The lowest BCUT2D eigenvalue weighted by atomic mass is 9.75. The molecule has 16 heavy (non-hydrogen) atoms. The summed E-state index contributed by atoms with van der Waals surface area (Å²) in [5.74, 6) is -0.880. The summed E-state index contributed by atoms with van der Waals surface area (Å²) in [4.78, 5) is 11.3. The highest BCUT2D eigenvalue weighted by molar-refractivity contribution is 5.77. The van der Waals surface area contributed by atoms with Crippen LogP contribution in [-0.2, 0) is 9.53 Å². The monoisotopic (exact) mass is 221 g/mol. The molecule has 0 spiro atoms. The van der Waals surface area contributed by atoms with Gasteiger partial charge in [0.2, 0.25) is 0 Å². The zero-order valence-electron chi connectivity index (χ0n) is 9.14. The fourth-order valence-electron chi connectivity index (χ4n) is 1.99. The Morgan fingerprint density at radius 2 is 2.12 bits per heavy atom. The Balaban J connectivity index is 2.35. The van der Waals surface area contributed by atoms with E-state index in [2.05, 4.69) is 0 Å². The van der Waals surface area contributed by atoms with Gasteiger partial charge in [0.25, 0.3) is 0 Å². The molecule has 3 N–H and O–H groups in total. The van der Waals surface area contributed by atoms with E-state index in [0.717, 1.165) is 11.1 Å². The standard InChI is InChI=1S/C12H15NO3/c1-8-4-2-3-5-9(8)10(13)12(11(14)15)6-16-7-12/h2-5,10H,6-7,13H2,1H3,(H,14,15). The lowest BCUT2D eigenvalue weighted by Gasteiger charge is -2.42. The van der Waals surface area contributed by atoms with Crippen molar-refractivity contribution in [1.29, 1.82) is 0 Å². The van der Waals surface area contributed by atoms with Crippen molar-refractivity contribution in [2.24, 2.45) is 11.1 Å². The van der Waals surface area contributed by atoms with E-state index in [-0.39, 0.29) is 13.2 Å². The molecule has 1 atom stereocenters. The molecular weight excluding hydrogens is 206 g/mol. The van der Waals surface area contributed by atoms with Gasteiger partial charge in [-0.25, -0.2) is 0 Å². The summed E-state index contributed by atoms with van der Waals surface area (Å²) in [5.41, 5.74) is 7.02. The molecule has 2 rings (SSSR count). The van der Waals surface area contributed by atoms with E-state index in [1.54, 1.807) is 0 Å². The highest BCUT2D eigenvalue weighted by atomic mass is 16.5. The lowest BCUT2D eigenvalue weighted by molar-refractivity contribution is -0.184. The van der Waals surface area contributed by atoms with Crippen LogP contribution in [0.4, 0.5) is 0 Å². The number of ether oxygens (including phenoxy) is 1. The van der Waals surface area contributed by atoms with Crippen LogP contribution in [0.1, 0.15) is 17.2 Å². The first kappa shape index (κ1) is 11.1. The molecule has 0 bridgehead atoms. The highest BCUT2D eigenvalue weighted by Crippen LogP contribution is 2.40. The van der Waals surface area contributed by atoms with Crippen molar-refractivity contribution in [3.8, 4) is 0 Å². The second-order valence-electron chi connectivity index (χ2n) is 4.29. The molecule has 1 saturated heterocycles. The molecule has 0 saturated carbocycles. The quantitative estimate of drug-likeness (QED) is 0.801. The van der Waals surface area contributed by atoms with Gasteiger partial charge < -0.3 is 15.6 Å². The number of carboxylic acids is 1. The molecule has 86 valence electrons. The molecule has 4 nitrogen and oxygen atoms in total. The van der Waals surface area contributed by atoms with Crippen LogP contribution in [-0.4, -0.2) is 24.3 Å². The molecule has 1 aliphatic rings. The topological polar surface area (TPSA) is 72.6 Å². The van der Waals surface area contributed by atoms with E-state index in [9.17, 15) is 9.90 Å². The summed E-state index contributed by atoms with van der Waals surface area (Å²) < 4.78 is 5.02. The number of nitrogens with two attached hydrogens (primary N) is 1. The summed E-state index contributed by atoms with van der Waals surface area (Å²) in [7, 11) is 0. The second-order valence-corrected chi connectivity index (χ2v) is 4.29. The third-order valence-electron chi connectivity index (χ3n) is 3.26. The predicted octanol–water partition coefficient (Wildman–Crippen LogP) is 1.10. The van der Waals surface area contributed by atoms with Gasteiger partial charge in [-0.3, -0.25) is 4.79 Å². The van der Waals surface area contributed by atoms with Gasteiger partial charge in [0, 0.05) is 0 Å². The molecule has 1 aromatic carbocycles. The Kier molecular flexibility index (Phi) is 2.69. The zero-order valence-corrected chi connectivity index (χ0v) is 9.14. The molecule has 0 aromatic heterocycles. The molecule has 0 amide bonds. The van der Waals surface area contributed by atoms with Gasteiger partial charge in [0.15, 0.2) is 0 Å². The van der Waals surface area contributed by atoms with Gasteiger partial charge in [-0.15, -0.1) is 0 Å². The summed E-state index contributed by atoms with van der Waals surface area (Å²) in [6.45, 7) is 2.32. The normalized spacial score (nSPS) is 19.9. The first-order chi connectivity index (χ1) is 7.58. The van der Waals surface area contributed by atoms with Crippen molar-refractivity contribution >= 4 is 5.97 Å². The Morgan fingerprint density at radius 1 is 1.50 bits per heavy atom. The number of carboxylic acid groups (broad SMARTS) is 1. The van der Waals surface area contributed by atoms with Gasteiger partial charge >= 0.3 is 5.97 Å². The van der Waals surface area contributed by atoms with Crippen LogP contribution in [0, 0.1) is 12.3 Å². The van der Waals surface area contributed by atoms with E-state index >= 15 is 0 Å². The molecule has 0 aliphatic carbocycles. The number of carbonyl (C=O) groups is 1. The van der Waals surface area contributed by atoms with E-state index in [0.29, 0.717) is 0 Å².